The third-order valence-electron chi connectivity index (χ3n) is 9.29. The van der Waals surface area contributed by atoms with E-state index in [1.165, 1.54) is 4.90 Å². The van der Waals surface area contributed by atoms with Crippen molar-refractivity contribution in [1.82, 2.24) is 24.8 Å². The molecule has 0 radical (unpaired) electrons. The molecule has 6 rings (SSSR count). The van der Waals surface area contributed by atoms with E-state index in [-0.39, 0.29) is 44.2 Å². The normalized spacial score (nSPS) is 32.9. The van der Waals surface area contributed by atoms with Crippen molar-refractivity contribution >= 4 is 28.8 Å². The molecule has 2 aromatic rings. The van der Waals surface area contributed by atoms with E-state index in [9.17, 15) is 19.5 Å². The summed E-state index contributed by atoms with van der Waals surface area (Å²) in [5, 5.41) is 19.0. The Labute approximate surface area is 232 Å². The van der Waals surface area contributed by atoms with Crippen LogP contribution in [0.25, 0.3) is 11.0 Å². The Morgan fingerprint density at radius 2 is 1.90 bits per heavy atom. The highest BCUT2D eigenvalue weighted by Crippen LogP contribution is 2.59. The number of carbonyl (C=O) groups is 3. The van der Waals surface area contributed by atoms with Crippen LogP contribution in [0.4, 0.5) is 0 Å². The average molecular weight is 550 g/mol. The van der Waals surface area contributed by atoms with Crippen molar-refractivity contribution in [3.05, 3.63) is 48.6 Å². The molecule has 11 heteroatoms. The maximum Gasteiger partial charge on any atom is 0.313 e. The molecule has 5 heterocycles. The van der Waals surface area contributed by atoms with Crippen LogP contribution in [-0.4, -0.2) is 90.7 Å². The van der Waals surface area contributed by atoms with E-state index >= 15 is 0 Å². The number of para-hydroxylation sites is 1. The van der Waals surface area contributed by atoms with Crippen LogP contribution < -0.4 is 0 Å². The Bertz CT molecular complexity index is 1400. The van der Waals surface area contributed by atoms with Crippen molar-refractivity contribution in [1.29, 1.82) is 0 Å². The fraction of sp³-hybridized carbons (Fsp3) is 0.552. The number of aliphatic hydroxyl groups excluding tert-OH is 1. The van der Waals surface area contributed by atoms with Crippen molar-refractivity contribution in [2.75, 3.05) is 19.8 Å². The number of cyclic esters (lactones) is 1. The van der Waals surface area contributed by atoms with Crippen LogP contribution in [0.3, 0.4) is 0 Å². The monoisotopic (exact) mass is 549 g/mol. The zero-order valence-corrected chi connectivity index (χ0v) is 23.0. The molecule has 1 unspecified atom stereocenters. The van der Waals surface area contributed by atoms with Gasteiger partial charge < -0.3 is 24.4 Å². The number of nitrogens with zero attached hydrogens (tertiary/aromatic N) is 5. The number of likely N-dealkylation sites (tertiary alicyclic amines) is 1. The van der Waals surface area contributed by atoms with Crippen LogP contribution in [0, 0.1) is 17.8 Å². The number of benzene rings is 1. The third kappa shape index (κ3) is 3.67. The molecule has 11 nitrogen and oxygen atoms in total. The second-order valence-electron chi connectivity index (χ2n) is 11.2. The summed E-state index contributed by atoms with van der Waals surface area (Å²) in [6, 6.07) is 5.78. The summed E-state index contributed by atoms with van der Waals surface area (Å²) in [5.41, 5.74) is -1.01. The van der Waals surface area contributed by atoms with Gasteiger partial charge in [0, 0.05) is 6.54 Å². The van der Waals surface area contributed by atoms with Gasteiger partial charge in [-0.2, -0.15) is 0 Å². The number of rotatable bonds is 7. The minimum atomic E-state index is -1.41. The molecule has 0 bridgehead atoms. The molecule has 1 N–H and O–H groups in total. The van der Waals surface area contributed by atoms with Gasteiger partial charge in [0.15, 0.2) is 0 Å². The van der Waals surface area contributed by atoms with Gasteiger partial charge in [-0.3, -0.25) is 14.4 Å². The van der Waals surface area contributed by atoms with Gasteiger partial charge in [0.05, 0.1) is 24.1 Å². The molecule has 1 spiro atoms. The Morgan fingerprint density at radius 1 is 1.10 bits per heavy atom. The van der Waals surface area contributed by atoms with E-state index in [0.29, 0.717) is 18.4 Å². The van der Waals surface area contributed by atoms with Crippen LogP contribution in [0.5, 0.6) is 0 Å². The topological polar surface area (TPSA) is 127 Å². The van der Waals surface area contributed by atoms with Crippen LogP contribution in [0.15, 0.2) is 48.6 Å². The van der Waals surface area contributed by atoms with E-state index in [0.717, 1.165) is 5.52 Å². The molecular formula is C29H35N5O6. The first-order valence-corrected chi connectivity index (χ1v) is 14.0. The fourth-order valence-corrected chi connectivity index (χ4v) is 7.06. The number of hydrogen-bond acceptors (Lipinski definition) is 8. The van der Waals surface area contributed by atoms with Gasteiger partial charge in [-0.05, 0) is 30.5 Å². The molecule has 7 atom stereocenters. The number of ether oxygens (including phenoxy) is 2. The first-order chi connectivity index (χ1) is 19.3. The van der Waals surface area contributed by atoms with Crippen molar-refractivity contribution in [3.63, 3.8) is 0 Å². The van der Waals surface area contributed by atoms with Crippen molar-refractivity contribution < 1.29 is 29.0 Å². The minimum Gasteiger partial charge on any atom is -0.461 e. The molecule has 1 aromatic carbocycles. The smallest absolute Gasteiger partial charge is 0.313 e. The zero-order valence-electron chi connectivity index (χ0n) is 23.0. The molecule has 0 aliphatic carbocycles. The molecule has 2 amide bonds. The number of hydrogen-bond donors (Lipinski definition) is 1. The maximum atomic E-state index is 14.6. The lowest BCUT2D eigenvalue weighted by atomic mass is 9.73. The van der Waals surface area contributed by atoms with Crippen LogP contribution in [0.2, 0.25) is 0 Å². The largest absolute Gasteiger partial charge is 0.461 e. The molecule has 2 fully saturated rings. The lowest BCUT2D eigenvalue weighted by Gasteiger charge is -2.42. The van der Waals surface area contributed by atoms with E-state index in [2.05, 4.69) is 10.3 Å². The van der Waals surface area contributed by atoms with Gasteiger partial charge >= 0.3 is 5.97 Å². The second kappa shape index (κ2) is 9.81. The number of amides is 2. The van der Waals surface area contributed by atoms with E-state index in [1.54, 1.807) is 21.7 Å². The van der Waals surface area contributed by atoms with Crippen LogP contribution in [-0.2, 0) is 30.5 Å². The second-order valence-corrected chi connectivity index (χ2v) is 11.2. The lowest BCUT2D eigenvalue weighted by Crippen LogP contribution is -2.60. The van der Waals surface area contributed by atoms with E-state index in [4.69, 9.17) is 9.47 Å². The minimum absolute atomic E-state index is 0.0992. The third-order valence-corrected chi connectivity index (χ3v) is 9.29. The highest BCUT2D eigenvalue weighted by atomic mass is 16.6. The summed E-state index contributed by atoms with van der Waals surface area (Å²) >= 11 is 0. The lowest BCUT2D eigenvalue weighted by molar-refractivity contribution is -0.162. The van der Waals surface area contributed by atoms with Gasteiger partial charge in [0.25, 0.3) is 5.91 Å². The van der Waals surface area contributed by atoms with Crippen molar-refractivity contribution in [3.8, 4) is 0 Å². The highest BCUT2D eigenvalue weighted by molar-refractivity contribution is 5.99. The Balaban J connectivity index is 1.48. The quantitative estimate of drug-likeness (QED) is 0.408. The van der Waals surface area contributed by atoms with E-state index in [1.807, 2.05) is 57.2 Å². The van der Waals surface area contributed by atoms with Gasteiger partial charge in [-0.25, -0.2) is 4.68 Å². The van der Waals surface area contributed by atoms with Crippen LogP contribution >= 0.6 is 0 Å². The molecule has 0 saturated carbocycles. The number of aliphatic hydroxyl groups is 1. The van der Waals surface area contributed by atoms with E-state index < -0.39 is 41.1 Å². The fourth-order valence-electron chi connectivity index (χ4n) is 7.06. The molecule has 4 aliphatic heterocycles. The summed E-state index contributed by atoms with van der Waals surface area (Å²) in [5.74, 6) is -3.21. The number of esters is 1. The SMILES string of the molecule is CC[C@H](C)[C@H](CO)N1C(=O)[C@@H]2[C@@H]3C(=O)OCC=C[C@]3(CC)O[C@@]23C=CCN(Cn2nnc4ccccc42)C(=O)C13. The zero-order chi connectivity index (χ0) is 28.2. The summed E-state index contributed by atoms with van der Waals surface area (Å²) in [4.78, 5) is 45.6. The maximum absolute atomic E-state index is 14.6. The Kier molecular flexibility index (Phi) is 6.53. The van der Waals surface area contributed by atoms with Gasteiger partial charge in [0.2, 0.25) is 5.91 Å². The summed E-state index contributed by atoms with van der Waals surface area (Å²) in [6.07, 6.45) is 8.32. The molecule has 4 aliphatic rings. The van der Waals surface area contributed by atoms with Gasteiger partial charge in [-0.15, -0.1) is 5.10 Å². The van der Waals surface area contributed by atoms with Gasteiger partial charge in [-0.1, -0.05) is 62.8 Å². The van der Waals surface area contributed by atoms with Gasteiger partial charge in [0.1, 0.15) is 42.0 Å². The number of fused-ring (bicyclic) bond motifs is 3. The Morgan fingerprint density at radius 3 is 2.65 bits per heavy atom. The highest BCUT2D eigenvalue weighted by Gasteiger charge is 2.76. The molecule has 212 valence electrons. The summed E-state index contributed by atoms with van der Waals surface area (Å²) < 4.78 is 14.0. The average Bonchev–Trinajstić information content (AvgIpc) is 3.50. The number of carbonyl (C=O) groups excluding carboxylic acids is 3. The molecule has 2 saturated heterocycles. The summed E-state index contributed by atoms with van der Waals surface area (Å²) in [6.45, 7) is 5.98. The standard InChI is InChI=1S/C29H35N5O6/c1-4-18(3)21(16-35)34-24-26(37)32(17-33-20-11-7-6-10-19(20)30-31-33)14-8-13-29(24)22(25(34)36)23-27(38)39-15-9-12-28(23,5-2)40-29/h6-13,18,21-24,35H,4-5,14-17H2,1-3H3/t18-,21-,22-,23+,24?,28-,29-/m0/s1. The predicted octanol–water partition coefficient (Wildman–Crippen LogP) is 1.67. The molecular weight excluding hydrogens is 514 g/mol. The Hall–Kier alpha value is -3.57. The number of aromatic nitrogens is 3. The van der Waals surface area contributed by atoms with Crippen molar-refractivity contribution in [2.24, 2.45) is 17.8 Å². The summed E-state index contributed by atoms with van der Waals surface area (Å²) in [7, 11) is 0. The molecule has 40 heavy (non-hydrogen) atoms. The first kappa shape index (κ1) is 26.6. The predicted molar refractivity (Wildman–Crippen MR) is 143 cm³/mol. The van der Waals surface area contributed by atoms with Crippen LogP contribution in [0.1, 0.15) is 33.6 Å². The molecule has 1 aromatic heterocycles. The van der Waals surface area contributed by atoms with Crippen molar-refractivity contribution in [2.45, 2.75) is 63.6 Å². The first-order valence-electron chi connectivity index (χ1n) is 14.0.